The quantitative estimate of drug-likeness (QED) is 0.795. The molecule has 1 heterocycles. The van der Waals surface area contributed by atoms with Gasteiger partial charge in [0.1, 0.15) is 5.75 Å². The van der Waals surface area contributed by atoms with Crippen LogP contribution in [0.3, 0.4) is 0 Å². The molecule has 0 aliphatic rings. The van der Waals surface area contributed by atoms with E-state index in [1.165, 1.54) is 0 Å². The van der Waals surface area contributed by atoms with Gasteiger partial charge in [-0.2, -0.15) is 0 Å². The first-order valence-corrected chi connectivity index (χ1v) is 4.68. The van der Waals surface area contributed by atoms with Crippen molar-refractivity contribution in [1.82, 2.24) is 4.98 Å². The van der Waals surface area contributed by atoms with Crippen molar-refractivity contribution in [1.29, 1.82) is 0 Å². The second-order valence-corrected chi connectivity index (χ2v) is 3.56. The van der Waals surface area contributed by atoms with Crippen molar-refractivity contribution >= 4 is 39.1 Å². The summed E-state index contributed by atoms with van der Waals surface area (Å²) in [6.07, 6.45) is 3.60. The van der Waals surface area contributed by atoms with Crippen LogP contribution < -0.4 is 4.74 Å². The van der Waals surface area contributed by atoms with Gasteiger partial charge in [0.15, 0.2) is 0 Å². The van der Waals surface area contributed by atoms with E-state index in [1.54, 1.807) is 13.3 Å². The number of methoxy groups -OCH3 is 1. The number of rotatable bonds is 1. The van der Waals surface area contributed by atoms with Crippen LogP contribution in [-0.2, 0) is 0 Å². The molecule has 1 aromatic carbocycles. The van der Waals surface area contributed by atoms with E-state index < -0.39 is 0 Å². The lowest BCUT2D eigenvalue weighted by atomic mass is 10.2. The van der Waals surface area contributed by atoms with Gasteiger partial charge in [0.2, 0.25) is 0 Å². The summed E-state index contributed by atoms with van der Waals surface area (Å²) in [7, 11) is 1.66. The summed E-state index contributed by atoms with van der Waals surface area (Å²) >= 11 is 3.43. The predicted octanol–water partition coefficient (Wildman–Crippen LogP) is 3.43. The van der Waals surface area contributed by atoms with E-state index in [1.807, 2.05) is 24.4 Å². The lowest BCUT2D eigenvalue weighted by Gasteiger charge is -2.04. The molecule has 74 valence electrons. The molecule has 0 aliphatic heterocycles. The van der Waals surface area contributed by atoms with Crippen LogP contribution in [0.15, 0.2) is 35.1 Å². The number of ether oxygens (including phenoxy) is 1. The smallest absolute Gasteiger partial charge is 0.133 e. The SMILES string of the molecule is COc1cc2cnccc2cc1Br.Cl. The van der Waals surface area contributed by atoms with Gasteiger partial charge in [-0.3, -0.25) is 4.98 Å². The number of halogens is 2. The average molecular weight is 275 g/mol. The van der Waals surface area contributed by atoms with Crippen LogP contribution in [-0.4, -0.2) is 12.1 Å². The van der Waals surface area contributed by atoms with E-state index in [0.29, 0.717) is 0 Å². The Hall–Kier alpha value is -0.800. The van der Waals surface area contributed by atoms with Crippen molar-refractivity contribution in [3.8, 4) is 5.75 Å². The maximum atomic E-state index is 5.18. The van der Waals surface area contributed by atoms with Crippen LogP contribution in [0.4, 0.5) is 0 Å². The highest BCUT2D eigenvalue weighted by Gasteiger charge is 2.01. The van der Waals surface area contributed by atoms with E-state index in [4.69, 9.17) is 4.74 Å². The van der Waals surface area contributed by atoms with E-state index in [2.05, 4.69) is 20.9 Å². The van der Waals surface area contributed by atoms with Crippen molar-refractivity contribution in [3.63, 3.8) is 0 Å². The fourth-order valence-corrected chi connectivity index (χ4v) is 1.77. The molecule has 0 unspecified atom stereocenters. The molecule has 0 bridgehead atoms. The number of benzene rings is 1. The van der Waals surface area contributed by atoms with Crippen molar-refractivity contribution in [3.05, 3.63) is 35.1 Å². The van der Waals surface area contributed by atoms with Crippen molar-refractivity contribution in [2.75, 3.05) is 7.11 Å². The van der Waals surface area contributed by atoms with Crippen LogP contribution in [0, 0.1) is 0 Å². The minimum Gasteiger partial charge on any atom is -0.496 e. The molecule has 0 saturated carbocycles. The summed E-state index contributed by atoms with van der Waals surface area (Å²) in [5.74, 6) is 0.834. The largest absolute Gasteiger partial charge is 0.496 e. The Morgan fingerprint density at radius 2 is 2.07 bits per heavy atom. The monoisotopic (exact) mass is 273 g/mol. The van der Waals surface area contributed by atoms with E-state index in [0.717, 1.165) is 21.0 Å². The van der Waals surface area contributed by atoms with Crippen molar-refractivity contribution in [2.45, 2.75) is 0 Å². The Morgan fingerprint density at radius 1 is 1.29 bits per heavy atom. The maximum absolute atomic E-state index is 5.18. The van der Waals surface area contributed by atoms with Crippen molar-refractivity contribution < 1.29 is 4.74 Å². The molecule has 0 aliphatic carbocycles. The highest BCUT2D eigenvalue weighted by Crippen LogP contribution is 2.29. The van der Waals surface area contributed by atoms with Gasteiger partial charge in [-0.1, -0.05) is 0 Å². The van der Waals surface area contributed by atoms with Crippen LogP contribution in [0.2, 0.25) is 0 Å². The Balaban J connectivity index is 0.000000980. The zero-order valence-corrected chi connectivity index (χ0v) is 9.93. The second kappa shape index (κ2) is 4.62. The van der Waals surface area contributed by atoms with Gasteiger partial charge in [-0.05, 0) is 39.5 Å². The standard InChI is InChI=1S/C10H8BrNO.ClH/c1-13-10-5-8-6-12-3-2-7(8)4-9(10)11;/h2-6H,1H3;1H. The summed E-state index contributed by atoms with van der Waals surface area (Å²) in [5, 5.41) is 2.24. The van der Waals surface area contributed by atoms with E-state index in [-0.39, 0.29) is 12.4 Å². The molecule has 0 radical (unpaired) electrons. The summed E-state index contributed by atoms with van der Waals surface area (Å²) < 4.78 is 6.14. The molecule has 0 saturated heterocycles. The molecule has 2 aromatic rings. The molecule has 0 N–H and O–H groups in total. The predicted molar refractivity (Wildman–Crippen MR) is 63.2 cm³/mol. The number of pyridine rings is 1. The molecule has 2 nitrogen and oxygen atoms in total. The molecule has 0 atom stereocenters. The minimum atomic E-state index is 0. The molecule has 14 heavy (non-hydrogen) atoms. The molecular formula is C10H9BrClNO. The van der Waals surface area contributed by atoms with Gasteiger partial charge in [0.05, 0.1) is 11.6 Å². The average Bonchev–Trinajstić information content (AvgIpc) is 2.17. The Morgan fingerprint density at radius 3 is 2.79 bits per heavy atom. The van der Waals surface area contributed by atoms with Gasteiger partial charge < -0.3 is 4.74 Å². The highest BCUT2D eigenvalue weighted by atomic mass is 79.9. The number of hydrogen-bond acceptors (Lipinski definition) is 2. The molecule has 2 rings (SSSR count). The van der Waals surface area contributed by atoms with E-state index >= 15 is 0 Å². The molecular weight excluding hydrogens is 265 g/mol. The second-order valence-electron chi connectivity index (χ2n) is 2.71. The third-order valence-electron chi connectivity index (χ3n) is 1.91. The number of hydrogen-bond donors (Lipinski definition) is 0. The third kappa shape index (κ3) is 1.99. The summed E-state index contributed by atoms with van der Waals surface area (Å²) in [4.78, 5) is 4.05. The van der Waals surface area contributed by atoms with Gasteiger partial charge in [-0.25, -0.2) is 0 Å². The van der Waals surface area contributed by atoms with Crippen molar-refractivity contribution in [2.24, 2.45) is 0 Å². The lowest BCUT2D eigenvalue weighted by molar-refractivity contribution is 0.413. The summed E-state index contributed by atoms with van der Waals surface area (Å²) in [6, 6.07) is 5.96. The van der Waals surface area contributed by atoms with Crippen LogP contribution in [0.1, 0.15) is 0 Å². The van der Waals surface area contributed by atoms with Gasteiger partial charge >= 0.3 is 0 Å². The molecule has 0 spiro atoms. The fraction of sp³-hybridized carbons (Fsp3) is 0.100. The van der Waals surface area contributed by atoms with Gasteiger partial charge in [0, 0.05) is 17.8 Å². The Kier molecular flexibility index (Phi) is 3.72. The zero-order chi connectivity index (χ0) is 9.26. The van der Waals surface area contributed by atoms with Gasteiger partial charge in [0.25, 0.3) is 0 Å². The fourth-order valence-electron chi connectivity index (χ4n) is 1.24. The number of nitrogens with zero attached hydrogens (tertiary/aromatic N) is 1. The first kappa shape index (κ1) is 11.3. The normalized spacial score (nSPS) is 9.57. The molecule has 4 heteroatoms. The molecule has 1 aromatic heterocycles. The number of aromatic nitrogens is 1. The summed E-state index contributed by atoms with van der Waals surface area (Å²) in [6.45, 7) is 0. The maximum Gasteiger partial charge on any atom is 0.133 e. The number of fused-ring (bicyclic) bond motifs is 1. The minimum absolute atomic E-state index is 0. The van der Waals surface area contributed by atoms with Crippen LogP contribution in [0.5, 0.6) is 5.75 Å². The first-order valence-electron chi connectivity index (χ1n) is 3.88. The van der Waals surface area contributed by atoms with Gasteiger partial charge in [-0.15, -0.1) is 12.4 Å². The Labute approximate surface area is 96.8 Å². The van der Waals surface area contributed by atoms with Crippen LogP contribution in [0.25, 0.3) is 10.8 Å². The summed E-state index contributed by atoms with van der Waals surface area (Å²) in [5.41, 5.74) is 0. The topological polar surface area (TPSA) is 22.1 Å². The Bertz CT molecular complexity index is 447. The highest BCUT2D eigenvalue weighted by molar-refractivity contribution is 9.10. The third-order valence-corrected chi connectivity index (χ3v) is 2.53. The van der Waals surface area contributed by atoms with E-state index in [9.17, 15) is 0 Å². The molecule has 0 fully saturated rings. The zero-order valence-electron chi connectivity index (χ0n) is 7.53. The molecule has 0 amide bonds. The first-order chi connectivity index (χ1) is 6.31. The van der Waals surface area contributed by atoms with Crippen LogP contribution >= 0.6 is 28.3 Å². The lowest BCUT2D eigenvalue weighted by Crippen LogP contribution is -1.84.